The van der Waals surface area contributed by atoms with Crippen LogP contribution in [0.25, 0.3) is 0 Å². The van der Waals surface area contributed by atoms with Crippen LogP contribution in [0, 0.1) is 6.92 Å². The predicted octanol–water partition coefficient (Wildman–Crippen LogP) is 1.16. The summed E-state index contributed by atoms with van der Waals surface area (Å²) in [6.07, 6.45) is 0. The summed E-state index contributed by atoms with van der Waals surface area (Å²) in [5.41, 5.74) is 1.95. The van der Waals surface area contributed by atoms with Crippen molar-refractivity contribution in [2.24, 2.45) is 0 Å². The van der Waals surface area contributed by atoms with Crippen LogP contribution in [0.5, 0.6) is 5.75 Å². The molecule has 0 aliphatic heterocycles. The molecule has 0 fully saturated rings. The van der Waals surface area contributed by atoms with Gasteiger partial charge in [0, 0.05) is 12.7 Å². The minimum Gasteiger partial charge on any atom is -0.496 e. The fraction of sp³-hybridized carbons (Fsp3) is 0.364. The van der Waals surface area contributed by atoms with Crippen LogP contribution in [0.15, 0.2) is 18.2 Å². The van der Waals surface area contributed by atoms with E-state index in [-0.39, 0.29) is 12.5 Å². The molecule has 4 nitrogen and oxygen atoms in total. The lowest BCUT2D eigenvalue weighted by atomic mass is 10.2. The largest absolute Gasteiger partial charge is 0.496 e. The first-order valence-electron chi connectivity index (χ1n) is 4.76. The molecular weight excluding hydrogens is 192 g/mol. The van der Waals surface area contributed by atoms with Gasteiger partial charge in [0.25, 0.3) is 0 Å². The molecule has 0 aromatic heterocycles. The quantitative estimate of drug-likeness (QED) is 0.780. The first-order valence-corrected chi connectivity index (χ1v) is 4.76. The number of carbonyl (C=O) groups is 1. The molecule has 1 rings (SSSR count). The van der Waals surface area contributed by atoms with Gasteiger partial charge in [-0.15, -0.1) is 0 Å². The number of amides is 1. The van der Waals surface area contributed by atoms with E-state index >= 15 is 0 Å². The minimum atomic E-state index is -0.0385. The number of aryl methyl sites for hydroxylation is 1. The highest BCUT2D eigenvalue weighted by molar-refractivity contribution is 5.80. The normalized spacial score (nSPS) is 9.53. The van der Waals surface area contributed by atoms with Crippen LogP contribution in [0.3, 0.4) is 0 Å². The molecule has 82 valence electrons. The number of methoxy groups -OCH3 is 1. The lowest BCUT2D eigenvalue weighted by molar-refractivity contribution is -0.118. The maximum absolute atomic E-state index is 11.0. The first kappa shape index (κ1) is 11.4. The van der Waals surface area contributed by atoms with Crippen molar-refractivity contribution in [3.05, 3.63) is 23.8 Å². The molecule has 2 N–H and O–H groups in total. The van der Waals surface area contributed by atoms with Gasteiger partial charge in [0.15, 0.2) is 0 Å². The van der Waals surface area contributed by atoms with Crippen LogP contribution >= 0.6 is 0 Å². The average Bonchev–Trinajstić information content (AvgIpc) is 2.26. The Bertz CT molecular complexity index is 350. The maximum atomic E-state index is 11.0. The highest BCUT2D eigenvalue weighted by Crippen LogP contribution is 2.20. The zero-order chi connectivity index (χ0) is 11.3. The van der Waals surface area contributed by atoms with Gasteiger partial charge in [0.05, 0.1) is 13.7 Å². The third-order valence-corrected chi connectivity index (χ3v) is 2.13. The van der Waals surface area contributed by atoms with Gasteiger partial charge in [-0.25, -0.2) is 0 Å². The molecule has 0 aliphatic carbocycles. The molecule has 1 amide bonds. The summed E-state index contributed by atoms with van der Waals surface area (Å²) in [6, 6.07) is 5.71. The van der Waals surface area contributed by atoms with E-state index in [9.17, 15) is 4.79 Å². The van der Waals surface area contributed by atoms with Crippen molar-refractivity contribution in [2.45, 2.75) is 6.92 Å². The summed E-state index contributed by atoms with van der Waals surface area (Å²) >= 11 is 0. The first-order chi connectivity index (χ1) is 7.17. The Labute approximate surface area is 89.6 Å². The molecule has 0 heterocycles. The Morgan fingerprint density at radius 3 is 2.73 bits per heavy atom. The van der Waals surface area contributed by atoms with Crippen LogP contribution in [0.4, 0.5) is 5.69 Å². The second-order valence-electron chi connectivity index (χ2n) is 3.21. The van der Waals surface area contributed by atoms with E-state index < -0.39 is 0 Å². The number of rotatable bonds is 4. The molecule has 4 heteroatoms. The molecule has 0 unspecified atom stereocenters. The van der Waals surface area contributed by atoms with Crippen LogP contribution in [-0.2, 0) is 4.79 Å². The Morgan fingerprint density at radius 2 is 2.20 bits per heavy atom. The maximum Gasteiger partial charge on any atom is 0.239 e. The van der Waals surface area contributed by atoms with E-state index in [4.69, 9.17) is 4.74 Å². The third-order valence-electron chi connectivity index (χ3n) is 2.13. The molecule has 0 saturated carbocycles. The fourth-order valence-corrected chi connectivity index (χ4v) is 1.26. The number of carbonyl (C=O) groups excluding carboxylic acids is 1. The molecule has 0 bridgehead atoms. The van der Waals surface area contributed by atoms with Gasteiger partial charge in [-0.05, 0) is 30.7 Å². The van der Waals surface area contributed by atoms with Crippen molar-refractivity contribution in [2.75, 3.05) is 26.0 Å². The van der Waals surface area contributed by atoms with Gasteiger partial charge in [0.2, 0.25) is 5.91 Å². The van der Waals surface area contributed by atoms with Crippen LogP contribution in [0.2, 0.25) is 0 Å². The molecule has 0 spiro atoms. The average molecular weight is 208 g/mol. The minimum absolute atomic E-state index is 0.0385. The zero-order valence-electron chi connectivity index (χ0n) is 9.26. The van der Waals surface area contributed by atoms with E-state index in [0.717, 1.165) is 17.0 Å². The lowest BCUT2D eigenvalue weighted by Crippen LogP contribution is -2.26. The highest BCUT2D eigenvalue weighted by Gasteiger charge is 2.01. The van der Waals surface area contributed by atoms with Crippen LogP contribution < -0.4 is 15.4 Å². The van der Waals surface area contributed by atoms with Crippen molar-refractivity contribution in [3.63, 3.8) is 0 Å². The molecule has 0 aliphatic rings. The van der Waals surface area contributed by atoms with Gasteiger partial charge < -0.3 is 15.4 Å². The number of benzene rings is 1. The SMILES string of the molecule is CNC(=O)CNc1ccc(OC)c(C)c1. The Balaban J connectivity index is 2.63. The second kappa shape index (κ2) is 5.24. The second-order valence-corrected chi connectivity index (χ2v) is 3.21. The van der Waals surface area contributed by atoms with Gasteiger partial charge in [-0.2, -0.15) is 0 Å². The smallest absolute Gasteiger partial charge is 0.239 e. The van der Waals surface area contributed by atoms with Crippen molar-refractivity contribution in [1.82, 2.24) is 5.32 Å². The monoisotopic (exact) mass is 208 g/mol. The predicted molar refractivity (Wildman–Crippen MR) is 60.3 cm³/mol. The highest BCUT2D eigenvalue weighted by atomic mass is 16.5. The molecule has 1 aromatic rings. The summed E-state index contributed by atoms with van der Waals surface area (Å²) in [4.78, 5) is 11.0. The number of ether oxygens (including phenoxy) is 1. The van der Waals surface area contributed by atoms with Crippen LogP contribution in [-0.4, -0.2) is 26.6 Å². The van der Waals surface area contributed by atoms with Gasteiger partial charge in [-0.1, -0.05) is 0 Å². The van der Waals surface area contributed by atoms with Crippen LogP contribution in [0.1, 0.15) is 5.56 Å². The van der Waals surface area contributed by atoms with Crippen molar-refractivity contribution >= 4 is 11.6 Å². The van der Waals surface area contributed by atoms with E-state index in [2.05, 4.69) is 10.6 Å². The summed E-state index contributed by atoms with van der Waals surface area (Å²) < 4.78 is 5.14. The molecule has 0 atom stereocenters. The van der Waals surface area contributed by atoms with Gasteiger partial charge >= 0.3 is 0 Å². The van der Waals surface area contributed by atoms with Crippen molar-refractivity contribution < 1.29 is 9.53 Å². The molecule has 0 saturated heterocycles. The summed E-state index contributed by atoms with van der Waals surface area (Å²) in [6.45, 7) is 2.24. The number of hydrogen-bond acceptors (Lipinski definition) is 3. The zero-order valence-corrected chi connectivity index (χ0v) is 9.26. The number of likely N-dealkylation sites (N-methyl/N-ethyl adjacent to an activating group) is 1. The molecular formula is C11H16N2O2. The standard InChI is InChI=1S/C11H16N2O2/c1-8-6-9(4-5-10(8)15-3)13-7-11(14)12-2/h4-6,13H,7H2,1-3H3,(H,12,14). The number of anilines is 1. The topological polar surface area (TPSA) is 50.4 Å². The van der Waals surface area contributed by atoms with E-state index in [0.29, 0.717) is 0 Å². The van der Waals surface area contributed by atoms with E-state index in [1.165, 1.54) is 0 Å². The molecule has 15 heavy (non-hydrogen) atoms. The van der Waals surface area contributed by atoms with E-state index in [1.807, 2.05) is 25.1 Å². The van der Waals surface area contributed by atoms with Crippen molar-refractivity contribution in [3.8, 4) is 5.75 Å². The van der Waals surface area contributed by atoms with Gasteiger partial charge in [-0.3, -0.25) is 4.79 Å². The Morgan fingerprint density at radius 1 is 1.47 bits per heavy atom. The van der Waals surface area contributed by atoms with Gasteiger partial charge in [0.1, 0.15) is 5.75 Å². The molecule has 1 aromatic carbocycles. The molecule has 0 radical (unpaired) electrons. The number of hydrogen-bond donors (Lipinski definition) is 2. The Hall–Kier alpha value is -1.71. The number of nitrogens with one attached hydrogen (secondary N) is 2. The summed E-state index contributed by atoms with van der Waals surface area (Å²) in [7, 11) is 3.25. The van der Waals surface area contributed by atoms with Crippen molar-refractivity contribution in [1.29, 1.82) is 0 Å². The summed E-state index contributed by atoms with van der Waals surface area (Å²) in [5.74, 6) is 0.809. The van der Waals surface area contributed by atoms with E-state index in [1.54, 1.807) is 14.2 Å². The fourth-order valence-electron chi connectivity index (χ4n) is 1.26. The lowest BCUT2D eigenvalue weighted by Gasteiger charge is -2.09. The third kappa shape index (κ3) is 3.16. The summed E-state index contributed by atoms with van der Waals surface area (Å²) in [5, 5.41) is 5.57. The Kier molecular flexibility index (Phi) is 3.97.